The molecule has 1 aliphatic carbocycles. The lowest BCUT2D eigenvalue weighted by Crippen LogP contribution is -2.13. The smallest absolute Gasteiger partial charge is 0.304 e. The summed E-state index contributed by atoms with van der Waals surface area (Å²) in [6.07, 6.45) is 1.80. The molecule has 1 N–H and O–H groups in total. The van der Waals surface area contributed by atoms with E-state index in [0.29, 0.717) is 5.56 Å². The highest BCUT2D eigenvalue weighted by Gasteiger charge is 2.46. The van der Waals surface area contributed by atoms with Gasteiger partial charge in [0.25, 0.3) is 0 Å². The molecule has 0 unspecified atom stereocenters. The largest absolute Gasteiger partial charge is 0.481 e. The van der Waals surface area contributed by atoms with Crippen LogP contribution in [-0.4, -0.2) is 11.1 Å². The van der Waals surface area contributed by atoms with E-state index in [-0.39, 0.29) is 17.7 Å². The number of hydrogen-bond acceptors (Lipinski definition) is 1. The minimum atomic E-state index is -0.809. The molecule has 1 aromatic rings. The van der Waals surface area contributed by atoms with Crippen molar-refractivity contribution in [1.29, 1.82) is 0 Å². The van der Waals surface area contributed by atoms with Crippen molar-refractivity contribution in [3.63, 3.8) is 0 Å². The van der Waals surface area contributed by atoms with Gasteiger partial charge in [-0.2, -0.15) is 0 Å². The number of aliphatic carboxylic acids is 1. The van der Waals surface area contributed by atoms with E-state index in [1.807, 2.05) is 13.0 Å². The van der Waals surface area contributed by atoms with Gasteiger partial charge in [-0.1, -0.05) is 6.07 Å². The lowest BCUT2D eigenvalue weighted by molar-refractivity contribution is -0.137. The zero-order chi connectivity index (χ0) is 11.9. The third-order valence-electron chi connectivity index (χ3n) is 3.56. The molecular formula is C13H15FO2. The number of benzene rings is 1. The standard InChI is InChI=1S/C13H15FO2/c1-8-5-10(6-11(14)9(8)2)13(3-4-13)7-12(15)16/h5-6H,3-4,7H2,1-2H3,(H,15,16). The van der Waals surface area contributed by atoms with E-state index in [1.54, 1.807) is 6.92 Å². The Morgan fingerprint density at radius 1 is 1.44 bits per heavy atom. The number of hydrogen-bond donors (Lipinski definition) is 1. The lowest BCUT2D eigenvalue weighted by atomic mass is 9.90. The first-order valence-corrected chi connectivity index (χ1v) is 5.44. The Kier molecular flexibility index (Phi) is 2.49. The van der Waals surface area contributed by atoms with E-state index in [0.717, 1.165) is 24.0 Å². The first-order valence-electron chi connectivity index (χ1n) is 5.44. The highest BCUT2D eigenvalue weighted by Crippen LogP contribution is 2.51. The third kappa shape index (κ3) is 1.82. The van der Waals surface area contributed by atoms with Crippen molar-refractivity contribution in [2.24, 2.45) is 0 Å². The van der Waals surface area contributed by atoms with Gasteiger partial charge in [0, 0.05) is 5.41 Å². The molecule has 0 aromatic heterocycles. The number of rotatable bonds is 3. The third-order valence-corrected chi connectivity index (χ3v) is 3.56. The van der Waals surface area contributed by atoms with Crippen LogP contribution in [0.2, 0.25) is 0 Å². The van der Waals surface area contributed by atoms with Crippen LogP contribution in [0.3, 0.4) is 0 Å². The van der Waals surface area contributed by atoms with Crippen LogP contribution < -0.4 is 0 Å². The van der Waals surface area contributed by atoms with Gasteiger partial charge in [-0.05, 0) is 49.4 Å². The van der Waals surface area contributed by atoms with E-state index < -0.39 is 5.97 Å². The second kappa shape index (κ2) is 3.58. The van der Waals surface area contributed by atoms with Crippen LogP contribution in [0.1, 0.15) is 36.0 Å². The van der Waals surface area contributed by atoms with Gasteiger partial charge in [0.15, 0.2) is 0 Å². The van der Waals surface area contributed by atoms with E-state index >= 15 is 0 Å². The quantitative estimate of drug-likeness (QED) is 0.853. The Labute approximate surface area is 94.1 Å². The Morgan fingerprint density at radius 2 is 2.06 bits per heavy atom. The first kappa shape index (κ1) is 11.1. The van der Waals surface area contributed by atoms with Crippen LogP contribution in [0.5, 0.6) is 0 Å². The second-order valence-electron chi connectivity index (χ2n) is 4.75. The van der Waals surface area contributed by atoms with Crippen molar-refractivity contribution < 1.29 is 14.3 Å². The topological polar surface area (TPSA) is 37.3 Å². The van der Waals surface area contributed by atoms with Gasteiger partial charge in [-0.3, -0.25) is 4.79 Å². The Hall–Kier alpha value is -1.38. The molecule has 1 saturated carbocycles. The molecule has 0 spiro atoms. The number of carbonyl (C=O) groups is 1. The van der Waals surface area contributed by atoms with Crippen LogP contribution in [0.25, 0.3) is 0 Å². The zero-order valence-corrected chi connectivity index (χ0v) is 9.51. The number of halogens is 1. The number of carboxylic acids is 1. The van der Waals surface area contributed by atoms with Crippen LogP contribution in [-0.2, 0) is 10.2 Å². The van der Waals surface area contributed by atoms with Crippen molar-refractivity contribution in [1.82, 2.24) is 0 Å². The van der Waals surface area contributed by atoms with E-state index in [9.17, 15) is 9.18 Å². The molecule has 86 valence electrons. The van der Waals surface area contributed by atoms with E-state index in [4.69, 9.17) is 5.11 Å². The highest BCUT2D eigenvalue weighted by atomic mass is 19.1. The second-order valence-corrected chi connectivity index (χ2v) is 4.75. The summed E-state index contributed by atoms with van der Waals surface area (Å²) in [5.74, 6) is -1.04. The van der Waals surface area contributed by atoms with Gasteiger partial charge in [0.2, 0.25) is 0 Å². The molecule has 3 heteroatoms. The molecule has 16 heavy (non-hydrogen) atoms. The SMILES string of the molecule is Cc1cc(C2(CC(=O)O)CC2)cc(F)c1C. The summed E-state index contributed by atoms with van der Waals surface area (Å²) in [5.41, 5.74) is 2.09. The lowest BCUT2D eigenvalue weighted by Gasteiger charge is -2.15. The fourth-order valence-corrected chi connectivity index (χ4v) is 2.13. The van der Waals surface area contributed by atoms with Crippen LogP contribution in [0.15, 0.2) is 12.1 Å². The molecule has 0 saturated heterocycles. The van der Waals surface area contributed by atoms with Gasteiger partial charge < -0.3 is 5.11 Å². The molecular weight excluding hydrogens is 207 g/mol. The van der Waals surface area contributed by atoms with Crippen molar-refractivity contribution in [2.45, 2.75) is 38.5 Å². The van der Waals surface area contributed by atoms with Gasteiger partial charge in [0.1, 0.15) is 5.82 Å². The maximum Gasteiger partial charge on any atom is 0.304 e. The predicted octanol–water partition coefficient (Wildman–Crippen LogP) is 2.95. The van der Waals surface area contributed by atoms with Crippen LogP contribution in [0, 0.1) is 19.7 Å². The predicted molar refractivity (Wildman–Crippen MR) is 59.0 cm³/mol. The summed E-state index contributed by atoms with van der Waals surface area (Å²) in [5, 5.41) is 8.85. The van der Waals surface area contributed by atoms with Crippen molar-refractivity contribution >= 4 is 5.97 Å². The number of carboxylic acid groups (broad SMARTS) is 1. The molecule has 0 radical (unpaired) electrons. The fourth-order valence-electron chi connectivity index (χ4n) is 2.13. The molecule has 2 rings (SSSR count). The van der Waals surface area contributed by atoms with Gasteiger partial charge >= 0.3 is 5.97 Å². The molecule has 0 amide bonds. The molecule has 1 aromatic carbocycles. The summed E-state index contributed by atoms with van der Waals surface area (Å²) >= 11 is 0. The van der Waals surface area contributed by atoms with Crippen molar-refractivity contribution in [3.8, 4) is 0 Å². The van der Waals surface area contributed by atoms with Crippen LogP contribution in [0.4, 0.5) is 4.39 Å². The summed E-state index contributed by atoms with van der Waals surface area (Å²) in [4.78, 5) is 10.8. The minimum absolute atomic E-state index is 0.106. The molecule has 2 nitrogen and oxygen atoms in total. The monoisotopic (exact) mass is 222 g/mol. The van der Waals surface area contributed by atoms with Crippen molar-refractivity contribution in [3.05, 3.63) is 34.6 Å². The van der Waals surface area contributed by atoms with Crippen molar-refractivity contribution in [2.75, 3.05) is 0 Å². The maximum atomic E-state index is 13.6. The molecule has 0 bridgehead atoms. The Balaban J connectivity index is 2.38. The highest BCUT2D eigenvalue weighted by molar-refractivity contribution is 5.70. The summed E-state index contributed by atoms with van der Waals surface area (Å²) in [7, 11) is 0. The minimum Gasteiger partial charge on any atom is -0.481 e. The summed E-state index contributed by atoms with van der Waals surface area (Å²) in [6.45, 7) is 3.60. The van der Waals surface area contributed by atoms with Gasteiger partial charge in [-0.25, -0.2) is 4.39 Å². The maximum absolute atomic E-state index is 13.6. The Bertz CT molecular complexity index is 424. The molecule has 1 fully saturated rings. The van der Waals surface area contributed by atoms with Gasteiger partial charge in [-0.15, -0.1) is 0 Å². The zero-order valence-electron chi connectivity index (χ0n) is 9.51. The average molecular weight is 222 g/mol. The molecule has 0 heterocycles. The van der Waals surface area contributed by atoms with Crippen LogP contribution >= 0.6 is 0 Å². The average Bonchev–Trinajstić information content (AvgIpc) is 2.93. The van der Waals surface area contributed by atoms with E-state index in [2.05, 4.69) is 0 Å². The Morgan fingerprint density at radius 3 is 2.50 bits per heavy atom. The molecule has 0 atom stereocenters. The normalized spacial score (nSPS) is 17.2. The first-order chi connectivity index (χ1) is 7.44. The number of aryl methyl sites for hydroxylation is 1. The molecule has 1 aliphatic rings. The molecule has 0 aliphatic heterocycles. The van der Waals surface area contributed by atoms with E-state index in [1.165, 1.54) is 6.07 Å². The summed E-state index contributed by atoms with van der Waals surface area (Å²) < 4.78 is 13.6. The van der Waals surface area contributed by atoms with Gasteiger partial charge in [0.05, 0.1) is 6.42 Å². The summed E-state index contributed by atoms with van der Waals surface area (Å²) in [6, 6.07) is 3.42. The fraction of sp³-hybridized carbons (Fsp3) is 0.462.